The van der Waals surface area contributed by atoms with Crippen molar-refractivity contribution >= 4 is 22.9 Å². The number of nitrogens with one attached hydrogen (secondary N) is 1. The minimum atomic E-state index is 0.0659. The zero-order chi connectivity index (χ0) is 15.5. The summed E-state index contributed by atoms with van der Waals surface area (Å²) in [5.74, 6) is 0.737. The van der Waals surface area contributed by atoms with E-state index in [0.717, 1.165) is 28.6 Å². The standard InChI is InChI=1S/C16H21ClN2OS/c1-16(2,3)13-10-21-14(19-13)9-20-15-11(8-18-4)6-5-7-12(15)17/h5-7,10,18H,8-9H2,1-4H3. The maximum absolute atomic E-state index is 6.24. The summed E-state index contributed by atoms with van der Waals surface area (Å²) >= 11 is 7.87. The van der Waals surface area contributed by atoms with Crippen LogP contribution in [-0.4, -0.2) is 12.0 Å². The molecule has 0 saturated carbocycles. The maximum atomic E-state index is 6.24. The molecule has 5 heteroatoms. The molecule has 21 heavy (non-hydrogen) atoms. The van der Waals surface area contributed by atoms with Crippen LogP contribution >= 0.6 is 22.9 Å². The molecule has 0 unspecified atom stereocenters. The summed E-state index contributed by atoms with van der Waals surface area (Å²) < 4.78 is 5.91. The quantitative estimate of drug-likeness (QED) is 0.885. The molecule has 0 atom stereocenters. The van der Waals surface area contributed by atoms with Gasteiger partial charge in [-0.25, -0.2) is 4.98 Å². The molecule has 1 aromatic carbocycles. The molecule has 0 radical (unpaired) electrons. The van der Waals surface area contributed by atoms with Gasteiger partial charge in [0.15, 0.2) is 0 Å². The first-order chi connectivity index (χ1) is 9.91. The molecule has 114 valence electrons. The van der Waals surface area contributed by atoms with E-state index in [2.05, 4.69) is 36.5 Å². The number of halogens is 1. The van der Waals surface area contributed by atoms with Gasteiger partial charge < -0.3 is 10.1 Å². The van der Waals surface area contributed by atoms with Crippen LogP contribution in [0.25, 0.3) is 0 Å². The second-order valence-corrected chi connectivity index (χ2v) is 7.27. The van der Waals surface area contributed by atoms with Gasteiger partial charge in [-0.15, -0.1) is 11.3 Å². The summed E-state index contributed by atoms with van der Waals surface area (Å²) in [5.41, 5.74) is 2.22. The monoisotopic (exact) mass is 324 g/mol. The van der Waals surface area contributed by atoms with Crippen molar-refractivity contribution in [1.82, 2.24) is 10.3 Å². The van der Waals surface area contributed by atoms with Crippen molar-refractivity contribution < 1.29 is 4.74 Å². The second kappa shape index (κ2) is 6.77. The van der Waals surface area contributed by atoms with E-state index >= 15 is 0 Å². The third-order valence-corrected chi connectivity index (χ3v) is 4.20. The molecule has 1 N–H and O–H groups in total. The number of hydrogen-bond acceptors (Lipinski definition) is 4. The Balaban J connectivity index is 2.11. The van der Waals surface area contributed by atoms with Gasteiger partial charge in [-0.2, -0.15) is 0 Å². The van der Waals surface area contributed by atoms with Crippen LogP contribution in [0.3, 0.4) is 0 Å². The molecule has 0 bridgehead atoms. The number of para-hydroxylation sites is 1. The Labute approximate surface area is 135 Å². The predicted octanol–water partition coefficient (Wildman–Crippen LogP) is 4.39. The summed E-state index contributed by atoms with van der Waals surface area (Å²) in [7, 11) is 1.90. The van der Waals surface area contributed by atoms with Crippen LogP contribution in [0, 0.1) is 0 Å². The smallest absolute Gasteiger partial charge is 0.143 e. The fourth-order valence-electron chi connectivity index (χ4n) is 1.90. The van der Waals surface area contributed by atoms with Crippen LogP contribution < -0.4 is 10.1 Å². The third-order valence-electron chi connectivity index (χ3n) is 3.08. The highest BCUT2D eigenvalue weighted by Crippen LogP contribution is 2.30. The fraction of sp³-hybridized carbons (Fsp3) is 0.438. The SMILES string of the molecule is CNCc1cccc(Cl)c1OCc1nc(C(C)(C)C)cs1. The molecule has 2 aromatic rings. The molecular formula is C16H21ClN2OS. The van der Waals surface area contributed by atoms with Crippen LogP contribution in [0.2, 0.25) is 5.02 Å². The summed E-state index contributed by atoms with van der Waals surface area (Å²) in [6.07, 6.45) is 0. The van der Waals surface area contributed by atoms with E-state index in [-0.39, 0.29) is 5.41 Å². The fourth-order valence-corrected chi connectivity index (χ4v) is 3.08. The lowest BCUT2D eigenvalue weighted by molar-refractivity contribution is 0.301. The van der Waals surface area contributed by atoms with E-state index in [1.807, 2.05) is 25.2 Å². The van der Waals surface area contributed by atoms with Gasteiger partial charge in [0.05, 0.1) is 10.7 Å². The van der Waals surface area contributed by atoms with Crippen LogP contribution in [0.4, 0.5) is 0 Å². The molecule has 0 spiro atoms. The zero-order valence-electron chi connectivity index (χ0n) is 12.9. The summed E-state index contributed by atoms with van der Waals surface area (Å²) in [6, 6.07) is 5.79. The molecule has 1 heterocycles. The molecule has 0 aliphatic carbocycles. The number of thiazole rings is 1. The van der Waals surface area contributed by atoms with Gasteiger partial charge in [0, 0.05) is 22.9 Å². The first kappa shape index (κ1) is 16.3. The van der Waals surface area contributed by atoms with Gasteiger partial charge in [-0.3, -0.25) is 0 Å². The predicted molar refractivity (Wildman–Crippen MR) is 89.4 cm³/mol. The van der Waals surface area contributed by atoms with Crippen molar-refractivity contribution in [1.29, 1.82) is 0 Å². The Kier molecular flexibility index (Phi) is 5.25. The summed E-state index contributed by atoms with van der Waals surface area (Å²) in [4.78, 5) is 4.64. The van der Waals surface area contributed by atoms with Crippen molar-refractivity contribution in [2.24, 2.45) is 0 Å². The van der Waals surface area contributed by atoms with Crippen LogP contribution in [-0.2, 0) is 18.6 Å². The van der Waals surface area contributed by atoms with E-state index in [9.17, 15) is 0 Å². The molecule has 0 amide bonds. The Morgan fingerprint density at radius 2 is 2.10 bits per heavy atom. The minimum absolute atomic E-state index is 0.0659. The van der Waals surface area contributed by atoms with Crippen LogP contribution in [0.5, 0.6) is 5.75 Å². The highest BCUT2D eigenvalue weighted by atomic mass is 35.5. The molecule has 2 rings (SSSR count). The number of rotatable bonds is 5. The minimum Gasteiger partial charge on any atom is -0.485 e. The van der Waals surface area contributed by atoms with Gasteiger partial charge in [0.25, 0.3) is 0 Å². The van der Waals surface area contributed by atoms with E-state index in [1.165, 1.54) is 0 Å². The molecule has 0 saturated heterocycles. The lowest BCUT2D eigenvalue weighted by Crippen LogP contribution is -2.12. The lowest BCUT2D eigenvalue weighted by atomic mass is 9.93. The van der Waals surface area contributed by atoms with Crippen molar-refractivity contribution in [3.8, 4) is 5.75 Å². The van der Waals surface area contributed by atoms with Gasteiger partial charge >= 0.3 is 0 Å². The number of hydrogen-bond donors (Lipinski definition) is 1. The molecular weight excluding hydrogens is 304 g/mol. The molecule has 1 aromatic heterocycles. The number of benzene rings is 1. The van der Waals surface area contributed by atoms with Crippen molar-refractivity contribution in [2.45, 2.75) is 39.3 Å². The van der Waals surface area contributed by atoms with Crippen LogP contribution in [0.1, 0.15) is 37.0 Å². The van der Waals surface area contributed by atoms with E-state index in [4.69, 9.17) is 16.3 Å². The van der Waals surface area contributed by atoms with Gasteiger partial charge in [-0.1, -0.05) is 44.5 Å². The summed E-state index contributed by atoms with van der Waals surface area (Å²) in [6.45, 7) is 7.64. The average molecular weight is 325 g/mol. The second-order valence-electron chi connectivity index (χ2n) is 5.92. The van der Waals surface area contributed by atoms with E-state index < -0.39 is 0 Å². The first-order valence-electron chi connectivity index (χ1n) is 6.91. The Hall–Kier alpha value is -1.10. The third kappa shape index (κ3) is 4.19. The number of nitrogens with zero attached hydrogens (tertiary/aromatic N) is 1. The molecule has 0 aliphatic heterocycles. The van der Waals surface area contributed by atoms with Crippen molar-refractivity contribution in [2.75, 3.05) is 7.05 Å². The summed E-state index contributed by atoms with van der Waals surface area (Å²) in [5, 5.41) is 6.82. The van der Waals surface area contributed by atoms with E-state index in [0.29, 0.717) is 11.6 Å². The Morgan fingerprint density at radius 3 is 2.71 bits per heavy atom. The maximum Gasteiger partial charge on any atom is 0.143 e. The number of aromatic nitrogens is 1. The van der Waals surface area contributed by atoms with Crippen LogP contribution in [0.15, 0.2) is 23.6 Å². The van der Waals surface area contributed by atoms with Gasteiger partial charge in [0.1, 0.15) is 17.4 Å². The number of ether oxygens (including phenoxy) is 1. The highest BCUT2D eigenvalue weighted by molar-refractivity contribution is 7.09. The molecule has 0 aliphatic rings. The van der Waals surface area contributed by atoms with Gasteiger partial charge in [-0.05, 0) is 13.1 Å². The molecule has 3 nitrogen and oxygen atoms in total. The van der Waals surface area contributed by atoms with Crippen molar-refractivity contribution in [3.05, 3.63) is 44.9 Å². The Morgan fingerprint density at radius 1 is 1.33 bits per heavy atom. The van der Waals surface area contributed by atoms with Gasteiger partial charge in [0.2, 0.25) is 0 Å². The van der Waals surface area contributed by atoms with E-state index in [1.54, 1.807) is 11.3 Å². The highest BCUT2D eigenvalue weighted by Gasteiger charge is 2.18. The average Bonchev–Trinajstić information content (AvgIpc) is 2.87. The lowest BCUT2D eigenvalue weighted by Gasteiger charge is -2.14. The largest absolute Gasteiger partial charge is 0.485 e. The topological polar surface area (TPSA) is 34.1 Å². The Bertz CT molecular complexity index is 605. The zero-order valence-corrected chi connectivity index (χ0v) is 14.4. The molecule has 0 fully saturated rings. The first-order valence-corrected chi connectivity index (χ1v) is 8.17. The van der Waals surface area contributed by atoms with Crippen molar-refractivity contribution in [3.63, 3.8) is 0 Å². The normalized spacial score (nSPS) is 11.7.